The third kappa shape index (κ3) is 7.76. The van der Waals surface area contributed by atoms with E-state index in [0.717, 1.165) is 33.8 Å². The van der Waals surface area contributed by atoms with Gasteiger partial charge in [-0.05, 0) is 124 Å². The fraction of sp³-hybridized carbons (Fsp3) is 0. The maximum Gasteiger partial charge on any atom is 0.0540 e. The molecule has 0 aromatic heterocycles. The predicted molar refractivity (Wildman–Crippen MR) is 294 cm³/mol. The van der Waals surface area contributed by atoms with E-state index in [0.29, 0.717) is 0 Å². The number of nitrogens with zero attached hydrogens (tertiary/aromatic N) is 1. The van der Waals surface area contributed by atoms with Crippen molar-refractivity contribution in [1.82, 2.24) is 0 Å². The van der Waals surface area contributed by atoms with E-state index in [2.05, 4.69) is 290 Å². The number of hydrogen-bond donors (Lipinski definition) is 0. The quantitative estimate of drug-likeness (QED) is 0.124. The summed E-state index contributed by atoms with van der Waals surface area (Å²) < 4.78 is 0. The Morgan fingerprint density at radius 3 is 1.09 bits per heavy atom. The first-order chi connectivity index (χ1) is 34.3. The molecule has 0 heterocycles. The Bertz CT molecular complexity index is 3720. The van der Waals surface area contributed by atoms with Crippen molar-refractivity contribution in [3.8, 4) is 77.9 Å². The van der Waals surface area contributed by atoms with Gasteiger partial charge in [0, 0.05) is 16.9 Å². The lowest BCUT2D eigenvalue weighted by Gasteiger charge is -2.28. The molecule has 0 spiro atoms. The number of anilines is 3. The maximum atomic E-state index is 2.41. The molecule has 12 aromatic carbocycles. The third-order valence-corrected chi connectivity index (χ3v) is 13.5. The van der Waals surface area contributed by atoms with Crippen LogP contribution in [0.2, 0.25) is 0 Å². The zero-order valence-electron chi connectivity index (χ0n) is 38.1. The molecule has 0 aliphatic heterocycles. The van der Waals surface area contributed by atoms with Crippen LogP contribution in [0.3, 0.4) is 0 Å². The van der Waals surface area contributed by atoms with E-state index in [1.54, 1.807) is 0 Å². The van der Waals surface area contributed by atoms with Crippen molar-refractivity contribution in [3.05, 3.63) is 285 Å². The van der Waals surface area contributed by atoms with Crippen molar-refractivity contribution >= 4 is 38.6 Å². The van der Waals surface area contributed by atoms with Crippen molar-refractivity contribution < 1.29 is 0 Å². The van der Waals surface area contributed by atoms with Crippen LogP contribution in [-0.2, 0) is 0 Å². The fourth-order valence-electron chi connectivity index (χ4n) is 10.4. The van der Waals surface area contributed by atoms with E-state index >= 15 is 0 Å². The van der Waals surface area contributed by atoms with Crippen LogP contribution in [0, 0.1) is 0 Å². The highest BCUT2D eigenvalue weighted by Crippen LogP contribution is 2.49. The summed E-state index contributed by atoms with van der Waals surface area (Å²) in [4.78, 5) is 2.41. The van der Waals surface area contributed by atoms with E-state index in [9.17, 15) is 0 Å². The van der Waals surface area contributed by atoms with Crippen LogP contribution < -0.4 is 4.90 Å². The average molecular weight is 878 g/mol. The molecular weight excluding hydrogens is 831 g/mol. The van der Waals surface area contributed by atoms with Gasteiger partial charge in [-0.3, -0.25) is 0 Å². The molecule has 0 aliphatic rings. The predicted octanol–water partition coefficient (Wildman–Crippen LogP) is 19.1. The van der Waals surface area contributed by atoms with E-state index in [1.807, 2.05) is 0 Å². The van der Waals surface area contributed by atoms with Crippen LogP contribution in [0.5, 0.6) is 0 Å². The molecule has 0 atom stereocenters. The molecule has 0 saturated heterocycles. The number of hydrogen-bond acceptors (Lipinski definition) is 1. The molecule has 0 aliphatic carbocycles. The standard InChI is InChI=1S/C68H47N/c1-6-22-48(23-7-1)57-32-18-19-39-64(57)69(55-44-40-50(41-45-55)59-36-20-35-58(49-24-8-2-9-25-49)65(59)52-26-10-3-11-27-52)56-46-42-51(43-47-56)60-37-21-38-63-61-33-16-17-34-62(61)66(53-28-12-4-13-29-53)67(68(60)63)54-30-14-5-15-31-54/h1-47H. The van der Waals surface area contributed by atoms with Crippen molar-refractivity contribution in [2.75, 3.05) is 4.90 Å². The van der Waals surface area contributed by atoms with E-state index in [1.165, 1.54) is 82.7 Å². The largest absolute Gasteiger partial charge is 0.310 e. The molecule has 0 saturated carbocycles. The minimum atomic E-state index is 1.07. The van der Waals surface area contributed by atoms with Gasteiger partial charge in [-0.2, -0.15) is 0 Å². The summed E-state index contributed by atoms with van der Waals surface area (Å²) in [5.41, 5.74) is 20.1. The molecule has 1 nitrogen and oxygen atoms in total. The average Bonchev–Trinajstić information content (AvgIpc) is 3.44. The molecule has 324 valence electrons. The molecule has 0 unspecified atom stereocenters. The Balaban J connectivity index is 1.03. The Hall–Kier alpha value is -9.04. The van der Waals surface area contributed by atoms with Gasteiger partial charge in [0.2, 0.25) is 0 Å². The smallest absolute Gasteiger partial charge is 0.0540 e. The van der Waals surface area contributed by atoms with Crippen LogP contribution in [0.15, 0.2) is 285 Å². The van der Waals surface area contributed by atoms with Crippen molar-refractivity contribution in [1.29, 1.82) is 0 Å². The van der Waals surface area contributed by atoms with Crippen LogP contribution in [0.1, 0.15) is 0 Å². The van der Waals surface area contributed by atoms with Crippen LogP contribution >= 0.6 is 0 Å². The topological polar surface area (TPSA) is 3.24 Å². The lowest BCUT2D eigenvalue weighted by atomic mass is 9.82. The highest BCUT2D eigenvalue weighted by molar-refractivity contribution is 6.25. The number of para-hydroxylation sites is 1. The number of rotatable bonds is 10. The Kier molecular flexibility index (Phi) is 11.0. The summed E-state index contributed by atoms with van der Waals surface area (Å²) in [7, 11) is 0. The normalized spacial score (nSPS) is 11.2. The van der Waals surface area contributed by atoms with Crippen LogP contribution in [0.4, 0.5) is 17.1 Å². The second kappa shape index (κ2) is 18.3. The lowest BCUT2D eigenvalue weighted by molar-refractivity contribution is 1.28. The number of benzene rings is 12. The first-order valence-corrected chi connectivity index (χ1v) is 23.8. The number of fused-ring (bicyclic) bond motifs is 3. The highest BCUT2D eigenvalue weighted by Gasteiger charge is 2.22. The molecule has 12 aromatic rings. The van der Waals surface area contributed by atoms with Gasteiger partial charge in [0.05, 0.1) is 5.69 Å². The maximum absolute atomic E-state index is 2.41. The molecule has 1 heteroatoms. The van der Waals surface area contributed by atoms with Gasteiger partial charge in [-0.1, -0.05) is 255 Å². The zero-order chi connectivity index (χ0) is 45.9. The molecule has 0 fully saturated rings. The summed E-state index contributed by atoms with van der Waals surface area (Å²) in [5, 5.41) is 5.00. The first kappa shape index (κ1) is 41.4. The fourth-order valence-corrected chi connectivity index (χ4v) is 10.4. The monoisotopic (exact) mass is 877 g/mol. The molecule has 12 rings (SSSR count). The van der Waals surface area contributed by atoms with Crippen LogP contribution in [-0.4, -0.2) is 0 Å². The zero-order valence-corrected chi connectivity index (χ0v) is 38.1. The van der Waals surface area contributed by atoms with Gasteiger partial charge < -0.3 is 4.90 Å². The molecule has 0 N–H and O–H groups in total. The van der Waals surface area contributed by atoms with Crippen molar-refractivity contribution in [2.24, 2.45) is 0 Å². The lowest BCUT2D eigenvalue weighted by Crippen LogP contribution is -2.11. The summed E-state index contributed by atoms with van der Waals surface area (Å²) in [6.45, 7) is 0. The molecular formula is C68H47N. The Labute approximate surface area is 404 Å². The van der Waals surface area contributed by atoms with Gasteiger partial charge in [-0.25, -0.2) is 0 Å². The summed E-state index contributed by atoms with van der Waals surface area (Å²) in [5.74, 6) is 0. The first-order valence-electron chi connectivity index (χ1n) is 23.8. The van der Waals surface area contributed by atoms with Gasteiger partial charge in [0.1, 0.15) is 0 Å². The Morgan fingerprint density at radius 2 is 0.536 bits per heavy atom. The second-order valence-electron chi connectivity index (χ2n) is 17.5. The Morgan fingerprint density at radius 1 is 0.188 bits per heavy atom. The third-order valence-electron chi connectivity index (χ3n) is 13.5. The van der Waals surface area contributed by atoms with Crippen LogP contribution in [0.25, 0.3) is 99.4 Å². The van der Waals surface area contributed by atoms with Gasteiger partial charge in [-0.15, -0.1) is 0 Å². The van der Waals surface area contributed by atoms with E-state index in [4.69, 9.17) is 0 Å². The van der Waals surface area contributed by atoms with E-state index < -0.39 is 0 Å². The molecule has 0 amide bonds. The summed E-state index contributed by atoms with van der Waals surface area (Å²) >= 11 is 0. The van der Waals surface area contributed by atoms with Gasteiger partial charge in [0.15, 0.2) is 0 Å². The minimum Gasteiger partial charge on any atom is -0.310 e. The highest BCUT2D eigenvalue weighted by atomic mass is 15.1. The molecule has 0 radical (unpaired) electrons. The van der Waals surface area contributed by atoms with Crippen molar-refractivity contribution in [3.63, 3.8) is 0 Å². The van der Waals surface area contributed by atoms with Crippen molar-refractivity contribution in [2.45, 2.75) is 0 Å². The van der Waals surface area contributed by atoms with Gasteiger partial charge >= 0.3 is 0 Å². The minimum absolute atomic E-state index is 1.07. The summed E-state index contributed by atoms with van der Waals surface area (Å²) in [6, 6.07) is 104. The second-order valence-corrected chi connectivity index (χ2v) is 17.5. The summed E-state index contributed by atoms with van der Waals surface area (Å²) in [6.07, 6.45) is 0. The molecule has 69 heavy (non-hydrogen) atoms. The van der Waals surface area contributed by atoms with Gasteiger partial charge in [0.25, 0.3) is 0 Å². The SMILES string of the molecule is c1ccc(-c2ccccc2N(c2ccc(-c3cccc(-c4ccccc4)c3-c3ccccc3)cc2)c2ccc(-c3cccc4c3c(-c3ccccc3)c(-c3ccccc3)c3ccccc34)cc2)cc1. The van der Waals surface area contributed by atoms with E-state index in [-0.39, 0.29) is 0 Å². The molecule has 0 bridgehead atoms.